The first-order chi connectivity index (χ1) is 9.29. The number of piperidine rings is 1. The monoisotopic (exact) mass is 285 g/mol. The average molecular weight is 285 g/mol. The first kappa shape index (κ1) is 15.7. The smallest absolute Gasteiger partial charge is 0.322 e. The van der Waals surface area contributed by atoms with Gasteiger partial charge in [-0.05, 0) is 26.7 Å². The molecule has 2 heterocycles. The van der Waals surface area contributed by atoms with Gasteiger partial charge in [0.15, 0.2) is 5.79 Å². The van der Waals surface area contributed by atoms with Gasteiger partial charge in [0.25, 0.3) is 0 Å². The molecule has 0 aromatic heterocycles. The van der Waals surface area contributed by atoms with Gasteiger partial charge in [0.05, 0.1) is 24.3 Å². The van der Waals surface area contributed by atoms with Crippen molar-refractivity contribution in [3.05, 3.63) is 0 Å². The van der Waals surface area contributed by atoms with Crippen LogP contribution >= 0.6 is 0 Å². The Hall–Kier alpha value is -0.650. The highest BCUT2D eigenvalue weighted by molar-refractivity contribution is 5.65. The molecule has 5 heteroatoms. The van der Waals surface area contributed by atoms with E-state index in [1.165, 1.54) is 6.92 Å². The number of hydrogen-bond acceptors (Lipinski definition) is 5. The van der Waals surface area contributed by atoms with Crippen LogP contribution in [0.5, 0.6) is 0 Å². The lowest BCUT2D eigenvalue weighted by Gasteiger charge is -2.57. The second-order valence-electron chi connectivity index (χ2n) is 6.54. The maximum Gasteiger partial charge on any atom is 0.322 e. The van der Waals surface area contributed by atoms with Gasteiger partial charge in [-0.1, -0.05) is 13.8 Å². The molecule has 0 saturated carbocycles. The molecular formula is C15H27NO4. The van der Waals surface area contributed by atoms with Gasteiger partial charge in [0.2, 0.25) is 0 Å². The van der Waals surface area contributed by atoms with Gasteiger partial charge in [-0.3, -0.25) is 4.79 Å². The molecule has 0 N–H and O–H groups in total. The molecule has 0 radical (unpaired) electrons. The molecule has 2 rings (SSSR count). The Balaban J connectivity index is 2.37. The molecule has 20 heavy (non-hydrogen) atoms. The number of hydroxylamine groups is 2. The predicted octanol–water partition coefficient (Wildman–Crippen LogP) is 2.64. The van der Waals surface area contributed by atoms with E-state index < -0.39 is 5.79 Å². The summed E-state index contributed by atoms with van der Waals surface area (Å²) in [6.07, 6.45) is 3.17. The number of ether oxygens (including phenoxy) is 2. The van der Waals surface area contributed by atoms with Crippen LogP contribution in [0, 0.1) is 0 Å². The Labute approximate surface area is 121 Å². The summed E-state index contributed by atoms with van der Waals surface area (Å²) in [5, 5.41) is 1.90. The van der Waals surface area contributed by atoms with E-state index in [9.17, 15) is 4.79 Å². The summed E-state index contributed by atoms with van der Waals surface area (Å²) in [5.41, 5.74) is -0.558. The lowest BCUT2D eigenvalue weighted by atomic mass is 9.74. The van der Waals surface area contributed by atoms with Crippen molar-refractivity contribution in [3.63, 3.8) is 0 Å². The molecule has 0 bridgehead atoms. The number of carbonyl (C=O) groups is 1. The molecule has 116 valence electrons. The molecule has 0 aliphatic carbocycles. The number of nitrogens with zero attached hydrogens (tertiary/aromatic N) is 1. The zero-order chi connectivity index (χ0) is 15.0. The number of hydrogen-bond donors (Lipinski definition) is 0. The number of rotatable bonds is 3. The van der Waals surface area contributed by atoms with Crippen LogP contribution in [0.15, 0.2) is 0 Å². The molecule has 2 saturated heterocycles. The van der Waals surface area contributed by atoms with Crippen LogP contribution in [0.25, 0.3) is 0 Å². The highest BCUT2D eigenvalue weighted by atomic mass is 16.7. The van der Waals surface area contributed by atoms with Crippen LogP contribution in [-0.2, 0) is 19.1 Å². The normalized spacial score (nSPS) is 37.2. The summed E-state index contributed by atoms with van der Waals surface area (Å²) in [6.45, 7) is 11.2. The van der Waals surface area contributed by atoms with Gasteiger partial charge in [0, 0.05) is 19.8 Å². The van der Waals surface area contributed by atoms with Crippen LogP contribution in [0.3, 0.4) is 0 Å². The topological polar surface area (TPSA) is 48.0 Å². The minimum absolute atomic E-state index is 0.270. The van der Waals surface area contributed by atoms with Crippen molar-refractivity contribution in [2.24, 2.45) is 0 Å². The zero-order valence-electron chi connectivity index (χ0n) is 13.3. The van der Waals surface area contributed by atoms with E-state index in [0.29, 0.717) is 13.2 Å². The fraction of sp³-hybridized carbons (Fsp3) is 0.933. The van der Waals surface area contributed by atoms with Crippen molar-refractivity contribution in [1.29, 1.82) is 0 Å². The van der Waals surface area contributed by atoms with Gasteiger partial charge < -0.3 is 14.3 Å². The predicted molar refractivity (Wildman–Crippen MR) is 74.9 cm³/mol. The third-order valence-electron chi connectivity index (χ3n) is 4.84. The van der Waals surface area contributed by atoms with Crippen LogP contribution in [0.4, 0.5) is 0 Å². The first-order valence-electron chi connectivity index (χ1n) is 7.56. The van der Waals surface area contributed by atoms with Crippen molar-refractivity contribution in [2.75, 3.05) is 13.2 Å². The van der Waals surface area contributed by atoms with Crippen molar-refractivity contribution in [1.82, 2.24) is 5.06 Å². The Morgan fingerprint density at radius 2 is 1.55 bits per heavy atom. The molecule has 0 aromatic carbocycles. The Morgan fingerprint density at radius 3 is 1.90 bits per heavy atom. The minimum Gasteiger partial charge on any atom is -0.367 e. The largest absolute Gasteiger partial charge is 0.367 e. The highest BCUT2D eigenvalue weighted by Crippen LogP contribution is 2.49. The van der Waals surface area contributed by atoms with Crippen LogP contribution in [-0.4, -0.2) is 41.1 Å². The molecule has 1 spiro atoms. The van der Waals surface area contributed by atoms with Gasteiger partial charge in [-0.2, -0.15) is 0 Å². The van der Waals surface area contributed by atoms with E-state index in [1.54, 1.807) is 0 Å². The molecule has 2 atom stereocenters. The third-order valence-corrected chi connectivity index (χ3v) is 4.84. The SMILES string of the molecule is CCC1(C)CC2(CC(C)(CC)N1OC(C)=O)OCCO2. The second kappa shape index (κ2) is 5.28. The lowest BCUT2D eigenvalue weighted by molar-refractivity contribution is -0.328. The van der Waals surface area contributed by atoms with Crippen LogP contribution in [0.2, 0.25) is 0 Å². The molecule has 2 unspecified atom stereocenters. The summed E-state index contributed by atoms with van der Waals surface area (Å²) in [4.78, 5) is 17.1. The molecule has 2 aliphatic heterocycles. The summed E-state index contributed by atoms with van der Waals surface area (Å²) >= 11 is 0. The third kappa shape index (κ3) is 2.59. The van der Waals surface area contributed by atoms with Gasteiger partial charge in [0.1, 0.15) is 0 Å². The van der Waals surface area contributed by atoms with E-state index >= 15 is 0 Å². The fourth-order valence-electron chi connectivity index (χ4n) is 3.61. The lowest BCUT2D eigenvalue weighted by Crippen LogP contribution is -2.67. The fourth-order valence-corrected chi connectivity index (χ4v) is 3.61. The average Bonchev–Trinajstić information content (AvgIpc) is 2.82. The quantitative estimate of drug-likeness (QED) is 0.798. The van der Waals surface area contributed by atoms with Crippen LogP contribution in [0.1, 0.15) is 60.3 Å². The summed E-state index contributed by atoms with van der Waals surface area (Å²) < 4.78 is 11.9. The van der Waals surface area contributed by atoms with Crippen molar-refractivity contribution >= 4 is 5.97 Å². The van der Waals surface area contributed by atoms with Crippen molar-refractivity contribution < 1.29 is 19.1 Å². The van der Waals surface area contributed by atoms with E-state index in [2.05, 4.69) is 27.7 Å². The second-order valence-corrected chi connectivity index (χ2v) is 6.54. The summed E-state index contributed by atoms with van der Waals surface area (Å²) in [5.74, 6) is -0.792. The van der Waals surface area contributed by atoms with Crippen molar-refractivity contribution in [2.45, 2.75) is 77.2 Å². The van der Waals surface area contributed by atoms with Crippen LogP contribution < -0.4 is 0 Å². The summed E-state index contributed by atoms with van der Waals surface area (Å²) in [7, 11) is 0. The summed E-state index contributed by atoms with van der Waals surface area (Å²) in [6, 6.07) is 0. The Kier molecular flexibility index (Phi) is 4.15. The maximum atomic E-state index is 11.5. The van der Waals surface area contributed by atoms with Crippen molar-refractivity contribution in [3.8, 4) is 0 Å². The standard InChI is InChI=1S/C15H27NO4/c1-6-13(4)10-15(18-8-9-19-15)11-14(5,7-2)16(13)20-12(3)17/h6-11H2,1-5H3. The van der Waals surface area contributed by atoms with Gasteiger partial charge in [-0.15, -0.1) is 5.06 Å². The maximum absolute atomic E-state index is 11.5. The van der Waals surface area contributed by atoms with Gasteiger partial charge in [-0.25, -0.2) is 0 Å². The Bertz CT molecular complexity index is 358. The van der Waals surface area contributed by atoms with E-state index in [0.717, 1.165) is 25.7 Å². The highest BCUT2D eigenvalue weighted by Gasteiger charge is 2.59. The Morgan fingerprint density at radius 1 is 1.10 bits per heavy atom. The molecular weight excluding hydrogens is 258 g/mol. The minimum atomic E-state index is -0.522. The van der Waals surface area contributed by atoms with Gasteiger partial charge >= 0.3 is 5.97 Å². The molecule has 0 aromatic rings. The van der Waals surface area contributed by atoms with E-state index in [-0.39, 0.29) is 17.0 Å². The molecule has 5 nitrogen and oxygen atoms in total. The first-order valence-corrected chi connectivity index (χ1v) is 7.56. The van der Waals surface area contributed by atoms with E-state index in [4.69, 9.17) is 14.3 Å². The molecule has 2 aliphatic rings. The zero-order valence-corrected chi connectivity index (χ0v) is 13.3. The molecule has 2 fully saturated rings. The van der Waals surface area contributed by atoms with E-state index in [1.807, 2.05) is 5.06 Å². The molecule has 0 amide bonds. The number of carbonyl (C=O) groups excluding carboxylic acids is 1.